The number of carbonyl (C=O) groups excluding carboxylic acids is 1. The number of hydrogen-bond acceptors (Lipinski definition) is 4. The minimum Gasteiger partial charge on any atom is -0.384 e. The third kappa shape index (κ3) is 6.68. The van der Waals surface area contributed by atoms with Crippen LogP contribution in [0.1, 0.15) is 18.4 Å². The molecule has 2 N–H and O–H groups in total. The van der Waals surface area contributed by atoms with Crippen molar-refractivity contribution >= 4 is 22.4 Å². The van der Waals surface area contributed by atoms with E-state index in [-0.39, 0.29) is 5.91 Å². The molecule has 1 fully saturated rings. The molecule has 122 valence electrons. The largest absolute Gasteiger partial charge is 0.384 e. The molecule has 0 radical (unpaired) electrons. The van der Waals surface area contributed by atoms with Gasteiger partial charge in [0.05, 0.1) is 13.2 Å². The summed E-state index contributed by atoms with van der Waals surface area (Å²) in [5, 5.41) is 6.03. The molecule has 1 atom stereocenters. The van der Waals surface area contributed by atoms with Gasteiger partial charge in [-0.1, -0.05) is 12.1 Å². The van der Waals surface area contributed by atoms with E-state index in [0.717, 1.165) is 23.7 Å². The van der Waals surface area contributed by atoms with Gasteiger partial charge >= 0.3 is 0 Å². The van der Waals surface area contributed by atoms with Crippen molar-refractivity contribution in [3.05, 3.63) is 29.8 Å². The molecule has 6 heteroatoms. The van der Waals surface area contributed by atoms with Gasteiger partial charge in [0.2, 0.25) is 5.91 Å². The zero-order chi connectivity index (χ0) is 15.8. The van der Waals surface area contributed by atoms with E-state index in [1.54, 1.807) is 7.11 Å². The number of ether oxygens (including phenoxy) is 1. The van der Waals surface area contributed by atoms with Gasteiger partial charge in [-0.15, -0.1) is 0 Å². The lowest BCUT2D eigenvalue weighted by molar-refractivity contribution is -0.115. The molecule has 0 bridgehead atoms. The molecule has 1 aliphatic rings. The van der Waals surface area contributed by atoms with E-state index in [2.05, 4.69) is 10.6 Å². The molecule has 0 saturated heterocycles. The first kappa shape index (κ1) is 17.1. The molecule has 1 unspecified atom stereocenters. The van der Waals surface area contributed by atoms with Crippen molar-refractivity contribution in [3.8, 4) is 0 Å². The molecule has 0 aromatic heterocycles. The molecule has 1 aromatic rings. The molecule has 5 nitrogen and oxygen atoms in total. The molecule has 2 rings (SSSR count). The van der Waals surface area contributed by atoms with Gasteiger partial charge in [0.15, 0.2) is 0 Å². The number of carbonyl (C=O) groups is 1. The summed E-state index contributed by atoms with van der Waals surface area (Å²) in [6, 6.07) is 7.52. The zero-order valence-corrected chi connectivity index (χ0v) is 13.8. The van der Waals surface area contributed by atoms with Gasteiger partial charge in [0, 0.05) is 35.1 Å². The van der Waals surface area contributed by atoms with Crippen LogP contribution < -0.4 is 10.6 Å². The van der Waals surface area contributed by atoms with Gasteiger partial charge in [-0.2, -0.15) is 0 Å². The van der Waals surface area contributed by atoms with E-state index in [1.807, 2.05) is 24.3 Å². The smallest absolute Gasteiger partial charge is 0.238 e. The first-order valence-electron chi connectivity index (χ1n) is 7.61. The average Bonchev–Trinajstić information content (AvgIpc) is 3.29. The van der Waals surface area contributed by atoms with Gasteiger partial charge in [-0.3, -0.25) is 9.00 Å². The molecule has 1 aromatic carbocycles. The Kier molecular flexibility index (Phi) is 7.02. The Morgan fingerprint density at radius 3 is 2.95 bits per heavy atom. The van der Waals surface area contributed by atoms with Crippen molar-refractivity contribution in [2.24, 2.45) is 5.92 Å². The highest BCUT2D eigenvalue weighted by molar-refractivity contribution is 7.84. The van der Waals surface area contributed by atoms with Crippen LogP contribution in [-0.4, -0.2) is 42.7 Å². The van der Waals surface area contributed by atoms with Crippen LogP contribution in [0.4, 0.5) is 5.69 Å². The highest BCUT2D eigenvalue weighted by Crippen LogP contribution is 2.27. The summed E-state index contributed by atoms with van der Waals surface area (Å²) in [6.45, 7) is 1.75. The number of benzene rings is 1. The maximum Gasteiger partial charge on any atom is 0.238 e. The third-order valence-corrected chi connectivity index (χ3v) is 4.75. The van der Waals surface area contributed by atoms with E-state index >= 15 is 0 Å². The van der Waals surface area contributed by atoms with Crippen molar-refractivity contribution < 1.29 is 13.7 Å². The van der Waals surface area contributed by atoms with Crippen LogP contribution in [-0.2, 0) is 26.1 Å². The highest BCUT2D eigenvalue weighted by atomic mass is 32.2. The lowest BCUT2D eigenvalue weighted by Gasteiger charge is -2.08. The lowest BCUT2D eigenvalue weighted by atomic mass is 10.2. The van der Waals surface area contributed by atoms with E-state index < -0.39 is 10.8 Å². The van der Waals surface area contributed by atoms with Crippen LogP contribution in [0.5, 0.6) is 0 Å². The fraction of sp³-hybridized carbons (Fsp3) is 0.562. The number of rotatable bonds is 10. The van der Waals surface area contributed by atoms with E-state index in [4.69, 9.17) is 4.74 Å². The fourth-order valence-electron chi connectivity index (χ4n) is 2.09. The molecule has 22 heavy (non-hydrogen) atoms. The monoisotopic (exact) mass is 324 g/mol. The first-order valence-corrected chi connectivity index (χ1v) is 9.09. The second kappa shape index (κ2) is 9.02. The third-order valence-electron chi connectivity index (χ3n) is 3.47. The van der Waals surface area contributed by atoms with Crippen molar-refractivity contribution in [2.45, 2.75) is 18.6 Å². The quantitative estimate of drug-likeness (QED) is 0.685. The Balaban J connectivity index is 1.76. The Labute approximate surface area is 134 Å². The highest BCUT2D eigenvalue weighted by Gasteiger charge is 2.20. The fourth-order valence-corrected chi connectivity index (χ4v) is 3.14. The lowest BCUT2D eigenvalue weighted by Crippen LogP contribution is -2.29. The maximum absolute atomic E-state index is 11.8. The summed E-state index contributed by atoms with van der Waals surface area (Å²) >= 11 is 0. The topological polar surface area (TPSA) is 67.4 Å². The number of amides is 1. The van der Waals surface area contributed by atoms with Crippen LogP contribution in [0.3, 0.4) is 0 Å². The van der Waals surface area contributed by atoms with Gasteiger partial charge in [0.1, 0.15) is 0 Å². The summed E-state index contributed by atoms with van der Waals surface area (Å²) in [5.74, 6) is 1.72. The van der Waals surface area contributed by atoms with E-state index in [9.17, 15) is 9.00 Å². The van der Waals surface area contributed by atoms with Gasteiger partial charge < -0.3 is 15.4 Å². The predicted molar refractivity (Wildman–Crippen MR) is 89.3 cm³/mol. The second-order valence-corrected chi connectivity index (χ2v) is 7.18. The molecular weight excluding hydrogens is 300 g/mol. The summed E-state index contributed by atoms with van der Waals surface area (Å²) in [6.07, 6.45) is 2.55. The summed E-state index contributed by atoms with van der Waals surface area (Å²) < 4.78 is 16.8. The SMILES string of the molecule is COCCS(=O)Cc1cccc(NC(=O)CNCC2CC2)c1. The summed E-state index contributed by atoms with van der Waals surface area (Å²) in [5.41, 5.74) is 1.71. The van der Waals surface area contributed by atoms with E-state index in [0.29, 0.717) is 24.7 Å². The normalized spacial score (nSPS) is 15.5. The predicted octanol–water partition coefficient (Wildman–Crippen LogP) is 1.52. The molecule has 0 heterocycles. The number of methoxy groups -OCH3 is 1. The Morgan fingerprint density at radius 1 is 1.41 bits per heavy atom. The van der Waals surface area contributed by atoms with Gasteiger partial charge in [0.25, 0.3) is 0 Å². The van der Waals surface area contributed by atoms with Crippen molar-refractivity contribution in [2.75, 3.05) is 37.9 Å². The Bertz CT molecular complexity index is 518. The Hall–Kier alpha value is -1.24. The van der Waals surface area contributed by atoms with Crippen LogP contribution in [0, 0.1) is 5.92 Å². The average molecular weight is 324 g/mol. The van der Waals surface area contributed by atoms with Crippen LogP contribution >= 0.6 is 0 Å². The van der Waals surface area contributed by atoms with Crippen molar-refractivity contribution in [1.82, 2.24) is 5.32 Å². The van der Waals surface area contributed by atoms with E-state index in [1.165, 1.54) is 12.8 Å². The van der Waals surface area contributed by atoms with Crippen LogP contribution in [0.2, 0.25) is 0 Å². The van der Waals surface area contributed by atoms with Crippen molar-refractivity contribution in [3.63, 3.8) is 0 Å². The van der Waals surface area contributed by atoms with Gasteiger partial charge in [-0.25, -0.2) is 0 Å². The number of nitrogens with one attached hydrogen (secondary N) is 2. The standard InChI is InChI=1S/C16H24N2O3S/c1-21-7-8-22(20)12-14-3-2-4-15(9-14)18-16(19)11-17-10-13-5-6-13/h2-4,9,13,17H,5-8,10-12H2,1H3,(H,18,19). The minimum absolute atomic E-state index is 0.0432. The molecule has 1 aliphatic carbocycles. The number of hydrogen-bond donors (Lipinski definition) is 2. The molecular formula is C16H24N2O3S. The zero-order valence-electron chi connectivity index (χ0n) is 13.0. The molecule has 0 spiro atoms. The Morgan fingerprint density at radius 2 is 2.23 bits per heavy atom. The number of anilines is 1. The van der Waals surface area contributed by atoms with Crippen LogP contribution in [0.15, 0.2) is 24.3 Å². The second-order valence-electron chi connectivity index (χ2n) is 5.60. The summed E-state index contributed by atoms with van der Waals surface area (Å²) in [4.78, 5) is 11.8. The molecule has 1 amide bonds. The minimum atomic E-state index is -0.945. The molecule has 1 saturated carbocycles. The molecule has 0 aliphatic heterocycles. The maximum atomic E-state index is 11.8. The van der Waals surface area contributed by atoms with Crippen LogP contribution in [0.25, 0.3) is 0 Å². The van der Waals surface area contributed by atoms with Crippen molar-refractivity contribution in [1.29, 1.82) is 0 Å². The first-order chi connectivity index (χ1) is 10.7. The van der Waals surface area contributed by atoms with Gasteiger partial charge in [-0.05, 0) is 43.0 Å². The summed E-state index contributed by atoms with van der Waals surface area (Å²) in [7, 11) is 0.657.